The van der Waals surface area contributed by atoms with Crippen LogP contribution in [0.4, 0.5) is 0 Å². The van der Waals surface area contributed by atoms with Crippen molar-refractivity contribution in [3.8, 4) is 10.4 Å². The Hall–Kier alpha value is -1.63. The van der Waals surface area contributed by atoms with Crippen LogP contribution in [0.25, 0.3) is 20.7 Å². The summed E-state index contributed by atoms with van der Waals surface area (Å²) in [5, 5.41) is 10.2. The summed E-state index contributed by atoms with van der Waals surface area (Å²) in [6.07, 6.45) is 0. The molecular formula is C14H9ClN2O2S2. The molecule has 3 rings (SSSR count). The third-order valence-corrected chi connectivity index (χ3v) is 4.91. The zero-order valence-corrected chi connectivity index (χ0v) is 13.0. The zero-order valence-electron chi connectivity index (χ0n) is 10.6. The number of carboxylic acid groups (broad SMARTS) is 1. The molecule has 0 aliphatic rings. The number of hydrogen-bond donors (Lipinski definition) is 1. The summed E-state index contributed by atoms with van der Waals surface area (Å²) in [7, 11) is 0. The zero-order chi connectivity index (χ0) is 14.8. The average molecular weight is 337 g/mol. The van der Waals surface area contributed by atoms with Crippen LogP contribution < -0.4 is 0 Å². The number of rotatable bonds is 4. The van der Waals surface area contributed by atoms with Crippen molar-refractivity contribution >= 4 is 50.9 Å². The monoisotopic (exact) mass is 336 g/mol. The fourth-order valence-electron chi connectivity index (χ4n) is 1.80. The molecule has 7 heteroatoms. The summed E-state index contributed by atoms with van der Waals surface area (Å²) < 4.78 is 0. The molecule has 1 aromatic carbocycles. The van der Waals surface area contributed by atoms with E-state index in [-0.39, 0.29) is 5.75 Å². The van der Waals surface area contributed by atoms with Crippen LogP contribution in [-0.4, -0.2) is 26.8 Å². The number of benzene rings is 1. The van der Waals surface area contributed by atoms with Crippen LogP contribution in [-0.2, 0) is 4.79 Å². The van der Waals surface area contributed by atoms with Gasteiger partial charge in [0.05, 0.1) is 5.75 Å². The Kier molecular flexibility index (Phi) is 4.10. The number of fused-ring (bicyclic) bond motifs is 1. The summed E-state index contributed by atoms with van der Waals surface area (Å²) in [6, 6.07) is 11.9. The first-order valence-corrected chi connectivity index (χ1v) is 8.18. The summed E-state index contributed by atoms with van der Waals surface area (Å²) in [4.78, 5) is 20.9. The molecule has 1 N–H and O–H groups in total. The molecule has 0 bridgehead atoms. The van der Waals surface area contributed by atoms with Crippen molar-refractivity contribution in [2.24, 2.45) is 0 Å². The third kappa shape index (κ3) is 3.18. The molecular weight excluding hydrogens is 328 g/mol. The Bertz CT molecular complexity index is 805. The van der Waals surface area contributed by atoms with E-state index in [0.29, 0.717) is 10.3 Å². The van der Waals surface area contributed by atoms with E-state index in [4.69, 9.17) is 16.7 Å². The minimum absolute atomic E-state index is 0.0846. The molecule has 2 aromatic heterocycles. The van der Waals surface area contributed by atoms with E-state index < -0.39 is 5.97 Å². The molecule has 0 fully saturated rings. The van der Waals surface area contributed by atoms with Gasteiger partial charge in [-0.3, -0.25) is 4.79 Å². The van der Waals surface area contributed by atoms with Gasteiger partial charge < -0.3 is 5.11 Å². The SMILES string of the molecule is O=C(O)CSc1nc(Cl)c2cc(-c3ccccc3)sc2n1. The first-order chi connectivity index (χ1) is 10.1. The number of thiophene rings is 1. The van der Waals surface area contributed by atoms with E-state index in [1.807, 2.05) is 36.4 Å². The molecule has 21 heavy (non-hydrogen) atoms. The highest BCUT2D eigenvalue weighted by Crippen LogP contribution is 2.36. The molecule has 0 spiro atoms. The lowest BCUT2D eigenvalue weighted by molar-refractivity contribution is -0.133. The summed E-state index contributed by atoms with van der Waals surface area (Å²) in [5.41, 5.74) is 1.09. The van der Waals surface area contributed by atoms with Crippen molar-refractivity contribution in [3.05, 3.63) is 41.6 Å². The van der Waals surface area contributed by atoms with Gasteiger partial charge in [-0.2, -0.15) is 0 Å². The molecule has 0 unspecified atom stereocenters. The third-order valence-electron chi connectivity index (χ3n) is 2.71. The number of aliphatic carboxylic acids is 1. The second kappa shape index (κ2) is 6.01. The van der Waals surface area contributed by atoms with Gasteiger partial charge in [0.2, 0.25) is 0 Å². The fourth-order valence-corrected chi connectivity index (χ4v) is 3.79. The van der Waals surface area contributed by atoms with Gasteiger partial charge in [-0.1, -0.05) is 53.7 Å². The van der Waals surface area contributed by atoms with E-state index in [1.165, 1.54) is 11.3 Å². The highest BCUT2D eigenvalue weighted by Gasteiger charge is 2.12. The molecule has 3 aromatic rings. The average Bonchev–Trinajstić information content (AvgIpc) is 2.91. The number of carbonyl (C=O) groups is 1. The van der Waals surface area contributed by atoms with Crippen molar-refractivity contribution in [3.63, 3.8) is 0 Å². The van der Waals surface area contributed by atoms with Gasteiger partial charge in [0, 0.05) is 10.3 Å². The second-order valence-corrected chi connectivity index (χ2v) is 6.51. The van der Waals surface area contributed by atoms with Crippen LogP contribution in [0.2, 0.25) is 5.15 Å². The topological polar surface area (TPSA) is 63.1 Å². The van der Waals surface area contributed by atoms with E-state index in [0.717, 1.165) is 32.4 Å². The number of hydrogen-bond acceptors (Lipinski definition) is 5. The summed E-state index contributed by atoms with van der Waals surface area (Å²) >= 11 is 8.75. The highest BCUT2D eigenvalue weighted by molar-refractivity contribution is 7.99. The second-order valence-electron chi connectivity index (χ2n) is 4.17. The Labute approximate surface area is 133 Å². The molecule has 2 heterocycles. The van der Waals surface area contributed by atoms with Crippen molar-refractivity contribution in [1.82, 2.24) is 9.97 Å². The van der Waals surface area contributed by atoms with Crippen LogP contribution >= 0.6 is 34.7 Å². The van der Waals surface area contributed by atoms with Crippen molar-refractivity contribution in [2.45, 2.75) is 5.16 Å². The normalized spacial score (nSPS) is 10.9. The quantitative estimate of drug-likeness (QED) is 0.439. The summed E-state index contributed by atoms with van der Waals surface area (Å²) in [6.45, 7) is 0. The Morgan fingerprint density at radius 3 is 2.76 bits per heavy atom. The molecule has 0 atom stereocenters. The standard InChI is InChI=1S/C14H9ClN2O2S2/c15-12-9-6-10(8-4-2-1-3-5-8)21-13(9)17-14(16-12)20-7-11(18)19/h1-6H,7H2,(H,18,19). The molecule has 4 nitrogen and oxygen atoms in total. The van der Waals surface area contributed by atoms with Gasteiger partial charge in [-0.25, -0.2) is 9.97 Å². The lowest BCUT2D eigenvalue weighted by Gasteiger charge is -1.98. The number of aromatic nitrogens is 2. The molecule has 0 radical (unpaired) electrons. The fraction of sp³-hybridized carbons (Fsp3) is 0.0714. The molecule has 0 amide bonds. The lowest BCUT2D eigenvalue weighted by atomic mass is 10.2. The lowest BCUT2D eigenvalue weighted by Crippen LogP contribution is -1.99. The first kappa shape index (κ1) is 14.3. The number of nitrogens with zero attached hydrogens (tertiary/aromatic N) is 2. The van der Waals surface area contributed by atoms with Gasteiger partial charge in [-0.15, -0.1) is 11.3 Å². The molecule has 0 saturated heterocycles. The predicted octanol–water partition coefficient (Wildman–Crippen LogP) is 4.19. The first-order valence-electron chi connectivity index (χ1n) is 6.00. The van der Waals surface area contributed by atoms with Gasteiger partial charge >= 0.3 is 5.97 Å². The number of thioether (sulfide) groups is 1. The minimum atomic E-state index is -0.907. The summed E-state index contributed by atoms with van der Waals surface area (Å²) in [5.74, 6) is -0.991. The van der Waals surface area contributed by atoms with Gasteiger partial charge in [0.25, 0.3) is 0 Å². The van der Waals surface area contributed by atoms with Crippen LogP contribution in [0.15, 0.2) is 41.6 Å². The van der Waals surface area contributed by atoms with Crippen LogP contribution in [0, 0.1) is 0 Å². The molecule has 0 aliphatic heterocycles. The van der Waals surface area contributed by atoms with Crippen LogP contribution in [0.1, 0.15) is 0 Å². The van der Waals surface area contributed by atoms with Crippen molar-refractivity contribution in [2.75, 3.05) is 5.75 Å². The molecule has 106 valence electrons. The van der Waals surface area contributed by atoms with E-state index >= 15 is 0 Å². The molecule has 0 aliphatic carbocycles. The van der Waals surface area contributed by atoms with Gasteiger partial charge in [-0.05, 0) is 11.6 Å². The minimum Gasteiger partial charge on any atom is -0.481 e. The maximum atomic E-state index is 10.6. The maximum absolute atomic E-state index is 10.6. The molecule has 0 saturated carbocycles. The Morgan fingerprint density at radius 1 is 1.29 bits per heavy atom. The van der Waals surface area contributed by atoms with Crippen molar-refractivity contribution in [1.29, 1.82) is 0 Å². The maximum Gasteiger partial charge on any atom is 0.313 e. The van der Waals surface area contributed by atoms with Crippen LogP contribution in [0.5, 0.6) is 0 Å². The predicted molar refractivity (Wildman–Crippen MR) is 86.2 cm³/mol. The Balaban J connectivity index is 2.01. The van der Waals surface area contributed by atoms with Crippen LogP contribution in [0.3, 0.4) is 0 Å². The largest absolute Gasteiger partial charge is 0.481 e. The van der Waals surface area contributed by atoms with Crippen molar-refractivity contribution < 1.29 is 9.90 Å². The van der Waals surface area contributed by atoms with E-state index in [2.05, 4.69) is 9.97 Å². The highest BCUT2D eigenvalue weighted by atomic mass is 35.5. The number of halogens is 1. The smallest absolute Gasteiger partial charge is 0.313 e. The van der Waals surface area contributed by atoms with E-state index in [9.17, 15) is 4.79 Å². The van der Waals surface area contributed by atoms with Gasteiger partial charge in [0.1, 0.15) is 9.98 Å². The van der Waals surface area contributed by atoms with E-state index in [1.54, 1.807) is 0 Å². The van der Waals surface area contributed by atoms with Gasteiger partial charge in [0.15, 0.2) is 5.16 Å². The number of carboxylic acids is 1. The Morgan fingerprint density at radius 2 is 2.05 bits per heavy atom.